The average molecular weight is 282 g/mol. The van der Waals surface area contributed by atoms with Crippen LogP contribution in [0.1, 0.15) is 12.5 Å². The lowest BCUT2D eigenvalue weighted by atomic mass is 10.2. The molecule has 2 atom stereocenters. The van der Waals surface area contributed by atoms with Gasteiger partial charge in [0.15, 0.2) is 0 Å². The Bertz CT molecular complexity index is 448. The Morgan fingerprint density at radius 3 is 2.79 bits per heavy atom. The Balaban J connectivity index is 1.77. The molecular formula is C13H14O5S. The molecule has 1 saturated heterocycles. The second-order valence-corrected chi connectivity index (χ2v) is 5.03. The van der Waals surface area contributed by atoms with Crippen LogP contribution in [0.2, 0.25) is 0 Å². The molecule has 1 heterocycles. The quantitative estimate of drug-likeness (QED) is 0.783. The Kier molecular flexibility index (Phi) is 4.81. The number of hydrogen-bond donors (Lipinski definition) is 0. The topological polar surface area (TPSA) is 61.8 Å². The van der Waals surface area contributed by atoms with Crippen LogP contribution in [0.15, 0.2) is 30.3 Å². The molecule has 1 aliphatic rings. The van der Waals surface area contributed by atoms with E-state index >= 15 is 0 Å². The maximum Gasteiger partial charge on any atom is 0.346 e. The first-order chi connectivity index (χ1) is 9.15. The van der Waals surface area contributed by atoms with Gasteiger partial charge < -0.3 is 14.2 Å². The fourth-order valence-electron chi connectivity index (χ4n) is 1.55. The molecule has 19 heavy (non-hydrogen) atoms. The van der Waals surface area contributed by atoms with E-state index in [0.29, 0.717) is 5.75 Å². The van der Waals surface area contributed by atoms with Gasteiger partial charge in [-0.15, -0.1) is 11.8 Å². The summed E-state index contributed by atoms with van der Waals surface area (Å²) in [5, 5.41) is 0. The maximum atomic E-state index is 11.7. The number of hydrogen-bond acceptors (Lipinski definition) is 6. The first kappa shape index (κ1) is 13.9. The zero-order valence-corrected chi connectivity index (χ0v) is 11.2. The summed E-state index contributed by atoms with van der Waals surface area (Å²) in [5.74, 6) is -0.447. The third-order valence-corrected chi connectivity index (χ3v) is 3.44. The van der Waals surface area contributed by atoms with Crippen molar-refractivity contribution in [3.8, 4) is 0 Å². The van der Waals surface area contributed by atoms with E-state index in [1.54, 1.807) is 0 Å². The highest BCUT2D eigenvalue weighted by Gasteiger charge is 2.34. The predicted octanol–water partition coefficient (Wildman–Crippen LogP) is 1.71. The van der Waals surface area contributed by atoms with Crippen LogP contribution in [0.3, 0.4) is 0 Å². The minimum absolute atomic E-state index is 0.207. The van der Waals surface area contributed by atoms with Gasteiger partial charge in [-0.3, -0.25) is 4.79 Å². The van der Waals surface area contributed by atoms with E-state index in [-0.39, 0.29) is 6.61 Å². The molecule has 2 unspecified atom stereocenters. The summed E-state index contributed by atoms with van der Waals surface area (Å²) in [6.45, 7) is 1.51. The fourth-order valence-corrected chi connectivity index (χ4v) is 2.43. The third-order valence-electron chi connectivity index (χ3n) is 2.37. The first-order valence-corrected chi connectivity index (χ1v) is 6.85. The van der Waals surface area contributed by atoms with Crippen LogP contribution in [-0.2, 0) is 30.4 Å². The molecule has 102 valence electrons. The Hall–Kier alpha value is -1.53. The Labute approximate surface area is 115 Å². The van der Waals surface area contributed by atoms with Gasteiger partial charge in [-0.25, -0.2) is 4.79 Å². The summed E-state index contributed by atoms with van der Waals surface area (Å²) < 4.78 is 15.3. The molecule has 2 rings (SSSR count). The van der Waals surface area contributed by atoms with Crippen LogP contribution < -0.4 is 0 Å². The van der Waals surface area contributed by atoms with Crippen LogP contribution >= 0.6 is 11.8 Å². The smallest absolute Gasteiger partial charge is 0.346 e. The first-order valence-electron chi connectivity index (χ1n) is 5.80. The van der Waals surface area contributed by atoms with Gasteiger partial charge in [0.05, 0.1) is 5.75 Å². The Morgan fingerprint density at radius 2 is 2.11 bits per heavy atom. The Morgan fingerprint density at radius 1 is 1.37 bits per heavy atom. The minimum atomic E-state index is -0.729. The van der Waals surface area contributed by atoms with Crippen LogP contribution in [0, 0.1) is 0 Å². The van der Waals surface area contributed by atoms with Crippen molar-refractivity contribution in [1.82, 2.24) is 0 Å². The van der Waals surface area contributed by atoms with E-state index in [1.807, 2.05) is 30.3 Å². The second kappa shape index (κ2) is 6.58. The highest BCUT2D eigenvalue weighted by Crippen LogP contribution is 2.27. The molecular weight excluding hydrogens is 268 g/mol. The van der Waals surface area contributed by atoms with Crippen LogP contribution in [-0.4, -0.2) is 29.4 Å². The fraction of sp³-hybridized carbons (Fsp3) is 0.385. The molecule has 0 aliphatic carbocycles. The SMILES string of the molecule is CC(=O)OC1CSC(C(=O)OCc2ccccc2)O1. The average Bonchev–Trinajstić information content (AvgIpc) is 2.85. The standard InChI is InChI=1S/C13H14O5S/c1-9(14)17-11-8-19-13(18-11)12(15)16-7-10-5-3-2-4-6-10/h2-6,11,13H,7-8H2,1H3. The monoisotopic (exact) mass is 282 g/mol. The van der Waals surface area contributed by atoms with Gasteiger partial charge in [-0.1, -0.05) is 30.3 Å². The molecule has 1 aromatic rings. The molecule has 0 radical (unpaired) electrons. The summed E-state index contributed by atoms with van der Waals surface area (Å²) >= 11 is 1.26. The van der Waals surface area contributed by atoms with Gasteiger partial charge in [0.2, 0.25) is 11.7 Å². The molecule has 0 saturated carbocycles. The van der Waals surface area contributed by atoms with E-state index in [2.05, 4.69) is 0 Å². The molecule has 0 amide bonds. The van der Waals surface area contributed by atoms with Gasteiger partial charge in [-0.2, -0.15) is 0 Å². The predicted molar refractivity (Wildman–Crippen MR) is 69.1 cm³/mol. The lowest BCUT2D eigenvalue weighted by Crippen LogP contribution is -2.24. The molecule has 0 aromatic heterocycles. The molecule has 0 bridgehead atoms. The van der Waals surface area contributed by atoms with Gasteiger partial charge >= 0.3 is 11.9 Å². The number of benzene rings is 1. The van der Waals surface area contributed by atoms with Gasteiger partial charge in [0, 0.05) is 6.92 Å². The van der Waals surface area contributed by atoms with Crippen LogP contribution in [0.25, 0.3) is 0 Å². The summed E-state index contributed by atoms with van der Waals surface area (Å²) in [6, 6.07) is 9.39. The highest BCUT2D eigenvalue weighted by atomic mass is 32.2. The number of carbonyl (C=O) groups is 2. The summed E-state index contributed by atoms with van der Waals surface area (Å²) in [5.41, 5.74) is 0.184. The van der Waals surface area contributed by atoms with Crippen LogP contribution in [0.5, 0.6) is 0 Å². The van der Waals surface area contributed by atoms with Crippen molar-refractivity contribution in [1.29, 1.82) is 0 Å². The lowest BCUT2D eigenvalue weighted by molar-refractivity contribution is -0.180. The zero-order valence-electron chi connectivity index (χ0n) is 10.4. The summed E-state index contributed by atoms with van der Waals surface area (Å²) in [4.78, 5) is 22.5. The molecule has 1 aliphatic heterocycles. The second-order valence-electron chi connectivity index (χ2n) is 3.93. The van der Waals surface area contributed by atoms with Crippen molar-refractivity contribution in [2.45, 2.75) is 25.3 Å². The normalized spacial score (nSPS) is 21.9. The van der Waals surface area contributed by atoms with E-state index in [0.717, 1.165) is 5.56 Å². The molecule has 0 spiro atoms. The maximum absolute atomic E-state index is 11.7. The molecule has 0 N–H and O–H groups in total. The van der Waals surface area contributed by atoms with E-state index in [1.165, 1.54) is 18.7 Å². The molecule has 5 nitrogen and oxygen atoms in total. The van der Waals surface area contributed by atoms with Crippen molar-refractivity contribution in [2.75, 3.05) is 5.75 Å². The van der Waals surface area contributed by atoms with Crippen LogP contribution in [0.4, 0.5) is 0 Å². The molecule has 1 aromatic carbocycles. The number of rotatable bonds is 4. The van der Waals surface area contributed by atoms with Crippen molar-refractivity contribution >= 4 is 23.7 Å². The molecule has 1 fully saturated rings. The largest absolute Gasteiger partial charge is 0.458 e. The van der Waals surface area contributed by atoms with E-state index < -0.39 is 23.7 Å². The van der Waals surface area contributed by atoms with E-state index in [4.69, 9.17) is 14.2 Å². The summed E-state index contributed by atoms with van der Waals surface area (Å²) in [7, 11) is 0. The number of ether oxygens (including phenoxy) is 3. The van der Waals surface area contributed by atoms with Gasteiger partial charge in [0.25, 0.3) is 0 Å². The van der Waals surface area contributed by atoms with Crippen molar-refractivity contribution < 1.29 is 23.8 Å². The van der Waals surface area contributed by atoms with Crippen molar-refractivity contribution in [3.05, 3.63) is 35.9 Å². The third kappa shape index (κ3) is 4.25. The number of esters is 2. The highest BCUT2D eigenvalue weighted by molar-refractivity contribution is 8.00. The lowest BCUT2D eigenvalue weighted by Gasteiger charge is -2.12. The number of thioether (sulfide) groups is 1. The molecule has 6 heteroatoms. The van der Waals surface area contributed by atoms with Gasteiger partial charge in [0.1, 0.15) is 6.61 Å². The number of carbonyl (C=O) groups excluding carboxylic acids is 2. The minimum Gasteiger partial charge on any atom is -0.458 e. The van der Waals surface area contributed by atoms with Gasteiger partial charge in [-0.05, 0) is 5.56 Å². The van der Waals surface area contributed by atoms with Crippen molar-refractivity contribution in [3.63, 3.8) is 0 Å². The summed E-state index contributed by atoms with van der Waals surface area (Å²) in [6.07, 6.45) is -0.670. The van der Waals surface area contributed by atoms with E-state index in [9.17, 15) is 9.59 Å². The zero-order chi connectivity index (χ0) is 13.7. The van der Waals surface area contributed by atoms with Crippen molar-refractivity contribution in [2.24, 2.45) is 0 Å².